The second kappa shape index (κ2) is 9.53. The number of rotatable bonds is 6. The van der Waals surface area contributed by atoms with Crippen molar-refractivity contribution >= 4 is 67.6 Å². The Morgan fingerprint density at radius 1 is 0.867 bits per heavy atom. The van der Waals surface area contributed by atoms with Crippen LogP contribution in [0.1, 0.15) is 0 Å². The summed E-state index contributed by atoms with van der Waals surface area (Å²) in [5, 5.41) is 7.05. The maximum absolute atomic E-state index is 12.6. The molecule has 0 heterocycles. The Bertz CT molecular complexity index is 1150. The fraction of sp³-hybridized carbons (Fsp3) is 0.0500. The zero-order valence-corrected chi connectivity index (χ0v) is 18.8. The zero-order valence-electron chi connectivity index (χ0n) is 15.6. The molecule has 0 aliphatic heterocycles. The largest absolute Gasteiger partial charge is 0.497 e. The number of nitrogens with one attached hydrogen (secondary N) is 3. The van der Waals surface area contributed by atoms with Gasteiger partial charge in [-0.25, -0.2) is 8.42 Å². The van der Waals surface area contributed by atoms with E-state index in [-0.39, 0.29) is 10.6 Å². The summed E-state index contributed by atoms with van der Waals surface area (Å²) in [5.41, 5.74) is 1.66. The average molecular weight is 482 g/mol. The van der Waals surface area contributed by atoms with Gasteiger partial charge in [-0.2, -0.15) is 0 Å². The Morgan fingerprint density at radius 2 is 1.50 bits per heavy atom. The lowest BCUT2D eigenvalue weighted by Crippen LogP contribution is -2.19. The number of thiocarbonyl (C=S) groups is 1. The molecule has 0 saturated heterocycles. The number of benzene rings is 3. The molecule has 30 heavy (non-hydrogen) atoms. The first-order valence-corrected chi connectivity index (χ1v) is 11.2. The first-order chi connectivity index (χ1) is 14.2. The highest BCUT2D eigenvalue weighted by Gasteiger charge is 2.15. The first-order valence-electron chi connectivity index (χ1n) is 8.56. The second-order valence-electron chi connectivity index (χ2n) is 6.10. The fourth-order valence-electron chi connectivity index (χ4n) is 2.54. The van der Waals surface area contributed by atoms with Crippen LogP contribution in [-0.2, 0) is 10.0 Å². The van der Waals surface area contributed by atoms with E-state index in [0.29, 0.717) is 26.6 Å². The van der Waals surface area contributed by atoms with Gasteiger partial charge >= 0.3 is 0 Å². The average Bonchev–Trinajstić information content (AvgIpc) is 2.67. The Balaban J connectivity index is 1.66. The number of ether oxygens (including phenoxy) is 1. The third kappa shape index (κ3) is 5.99. The molecule has 0 aromatic heterocycles. The molecule has 10 heteroatoms. The maximum atomic E-state index is 12.6. The highest BCUT2D eigenvalue weighted by atomic mass is 35.5. The van der Waals surface area contributed by atoms with Gasteiger partial charge in [-0.1, -0.05) is 29.3 Å². The Hall–Kier alpha value is -2.52. The molecule has 0 atom stereocenters. The zero-order chi connectivity index (χ0) is 21.7. The van der Waals surface area contributed by atoms with Gasteiger partial charge in [-0.3, -0.25) is 4.72 Å². The minimum Gasteiger partial charge on any atom is -0.497 e. The fourth-order valence-corrected chi connectivity index (χ4v) is 4.34. The number of sulfonamides is 1. The van der Waals surface area contributed by atoms with E-state index in [0.717, 1.165) is 5.69 Å². The second-order valence-corrected chi connectivity index (χ2v) is 9.06. The summed E-state index contributed by atoms with van der Waals surface area (Å²) in [7, 11) is -2.22. The molecule has 3 aromatic rings. The summed E-state index contributed by atoms with van der Waals surface area (Å²) in [6.45, 7) is 0. The molecule has 0 saturated carbocycles. The molecule has 3 rings (SSSR count). The summed E-state index contributed by atoms with van der Waals surface area (Å²) in [6.07, 6.45) is 0. The van der Waals surface area contributed by atoms with E-state index in [2.05, 4.69) is 15.4 Å². The number of anilines is 3. The first kappa shape index (κ1) is 22.2. The third-order valence-corrected chi connectivity index (χ3v) is 5.90. The van der Waals surface area contributed by atoms with Crippen molar-refractivity contribution in [2.75, 3.05) is 22.5 Å². The van der Waals surface area contributed by atoms with Crippen LogP contribution >= 0.6 is 35.4 Å². The van der Waals surface area contributed by atoms with Gasteiger partial charge in [-0.05, 0) is 66.8 Å². The van der Waals surface area contributed by atoms with Crippen LogP contribution in [0.3, 0.4) is 0 Å². The number of hydrogen-bond donors (Lipinski definition) is 3. The van der Waals surface area contributed by atoms with Gasteiger partial charge in [0.05, 0.1) is 17.7 Å². The van der Waals surface area contributed by atoms with Crippen molar-refractivity contribution in [2.45, 2.75) is 4.90 Å². The predicted octanol–water partition coefficient (Wildman–Crippen LogP) is 5.61. The molecule has 156 valence electrons. The Morgan fingerprint density at radius 3 is 2.13 bits per heavy atom. The Kier molecular flexibility index (Phi) is 7.04. The van der Waals surface area contributed by atoms with Crippen LogP contribution in [0, 0.1) is 0 Å². The van der Waals surface area contributed by atoms with Gasteiger partial charge in [0.25, 0.3) is 10.0 Å². The molecule has 3 N–H and O–H groups in total. The number of methoxy groups -OCH3 is 1. The summed E-state index contributed by atoms with van der Waals surface area (Å²) >= 11 is 17.1. The van der Waals surface area contributed by atoms with E-state index in [1.54, 1.807) is 25.3 Å². The molecule has 0 bridgehead atoms. The van der Waals surface area contributed by atoms with Crippen LogP contribution in [0.15, 0.2) is 71.6 Å². The quantitative estimate of drug-likeness (QED) is 0.397. The molecule has 3 aromatic carbocycles. The van der Waals surface area contributed by atoms with Crippen molar-refractivity contribution < 1.29 is 13.2 Å². The summed E-state index contributed by atoms with van der Waals surface area (Å²) < 4.78 is 32.8. The standard InChI is InChI=1S/C20H17Cl2N3O3S2/c1-28-18-4-2-3-16(12-18)24-20(29)23-15-5-7-19(8-6-15)30(26,27)25-17-10-13(21)9-14(22)11-17/h2-12,25H,1H3,(H2,23,24,29). The lowest BCUT2D eigenvalue weighted by Gasteiger charge is -2.12. The maximum Gasteiger partial charge on any atom is 0.261 e. The van der Waals surface area contributed by atoms with Crippen LogP contribution in [0.25, 0.3) is 0 Å². The van der Waals surface area contributed by atoms with E-state index < -0.39 is 10.0 Å². The predicted molar refractivity (Wildman–Crippen MR) is 127 cm³/mol. The van der Waals surface area contributed by atoms with Gasteiger partial charge in [0.1, 0.15) is 5.75 Å². The molecule has 0 spiro atoms. The van der Waals surface area contributed by atoms with Crippen molar-refractivity contribution in [3.05, 3.63) is 76.8 Å². The lowest BCUT2D eigenvalue weighted by atomic mass is 10.3. The summed E-state index contributed by atoms with van der Waals surface area (Å²) in [5.74, 6) is 0.700. The minimum absolute atomic E-state index is 0.0795. The van der Waals surface area contributed by atoms with Crippen LogP contribution in [0.5, 0.6) is 5.75 Å². The van der Waals surface area contributed by atoms with E-state index in [1.807, 2.05) is 18.2 Å². The normalized spacial score (nSPS) is 10.9. The third-order valence-electron chi connectivity index (χ3n) is 3.86. The lowest BCUT2D eigenvalue weighted by molar-refractivity contribution is 0.415. The molecule has 0 aliphatic rings. The monoisotopic (exact) mass is 481 g/mol. The Labute approximate surface area is 190 Å². The van der Waals surface area contributed by atoms with Crippen LogP contribution in [0.4, 0.5) is 17.1 Å². The highest BCUT2D eigenvalue weighted by Crippen LogP contribution is 2.25. The molecular weight excluding hydrogens is 465 g/mol. The van der Waals surface area contributed by atoms with Crippen molar-refractivity contribution in [2.24, 2.45) is 0 Å². The van der Waals surface area contributed by atoms with Crippen LogP contribution < -0.4 is 20.1 Å². The molecule has 0 fully saturated rings. The van der Waals surface area contributed by atoms with Crippen molar-refractivity contribution in [1.29, 1.82) is 0 Å². The molecule has 0 unspecified atom stereocenters. The van der Waals surface area contributed by atoms with E-state index in [9.17, 15) is 8.42 Å². The van der Waals surface area contributed by atoms with Gasteiger partial charge < -0.3 is 15.4 Å². The van der Waals surface area contributed by atoms with Gasteiger partial charge in [0.2, 0.25) is 0 Å². The van der Waals surface area contributed by atoms with Gasteiger partial charge in [0, 0.05) is 27.5 Å². The summed E-state index contributed by atoms with van der Waals surface area (Å²) in [6, 6.07) is 17.9. The number of hydrogen-bond acceptors (Lipinski definition) is 4. The molecule has 0 amide bonds. The molecule has 0 radical (unpaired) electrons. The molecular formula is C20H17Cl2N3O3S2. The van der Waals surface area contributed by atoms with Gasteiger partial charge in [0.15, 0.2) is 5.11 Å². The van der Waals surface area contributed by atoms with Crippen LogP contribution in [0.2, 0.25) is 10.0 Å². The van der Waals surface area contributed by atoms with Crippen LogP contribution in [-0.4, -0.2) is 20.6 Å². The van der Waals surface area contributed by atoms with Gasteiger partial charge in [-0.15, -0.1) is 0 Å². The van der Waals surface area contributed by atoms with Crippen molar-refractivity contribution in [3.63, 3.8) is 0 Å². The smallest absolute Gasteiger partial charge is 0.261 e. The van der Waals surface area contributed by atoms with E-state index in [1.165, 1.54) is 30.3 Å². The van der Waals surface area contributed by atoms with E-state index >= 15 is 0 Å². The highest BCUT2D eigenvalue weighted by molar-refractivity contribution is 7.92. The van der Waals surface area contributed by atoms with Crippen molar-refractivity contribution in [1.82, 2.24) is 0 Å². The minimum atomic E-state index is -3.81. The molecule has 6 nitrogen and oxygen atoms in total. The van der Waals surface area contributed by atoms with E-state index in [4.69, 9.17) is 40.2 Å². The topological polar surface area (TPSA) is 79.5 Å². The van der Waals surface area contributed by atoms with Crippen molar-refractivity contribution in [3.8, 4) is 5.75 Å². The molecule has 0 aliphatic carbocycles. The summed E-state index contributed by atoms with van der Waals surface area (Å²) in [4.78, 5) is 0.0795. The number of halogens is 2. The SMILES string of the molecule is COc1cccc(NC(=S)Nc2ccc(S(=O)(=O)Nc3cc(Cl)cc(Cl)c3)cc2)c1.